The predicted octanol–water partition coefficient (Wildman–Crippen LogP) is 2.94. The molecule has 1 saturated heterocycles. The highest BCUT2D eigenvalue weighted by atomic mass is 16.5. The van der Waals surface area contributed by atoms with Crippen molar-refractivity contribution in [1.29, 1.82) is 0 Å². The predicted molar refractivity (Wildman–Crippen MR) is 127 cm³/mol. The lowest BCUT2D eigenvalue weighted by molar-refractivity contribution is -0.0979. The number of rotatable bonds is 5. The molecule has 7 heteroatoms. The van der Waals surface area contributed by atoms with E-state index in [-0.39, 0.29) is 5.41 Å². The number of anilines is 2. The maximum absolute atomic E-state index is 11.1. The van der Waals surface area contributed by atoms with Crippen molar-refractivity contribution in [1.82, 2.24) is 9.97 Å². The van der Waals surface area contributed by atoms with Crippen LogP contribution < -0.4 is 16.0 Å². The van der Waals surface area contributed by atoms with Gasteiger partial charge in [-0.15, -0.1) is 0 Å². The standard InChI is InChI=1S/C25H31N5O2/c1-17-7-8-21-19(11-17)22(27-14-25(13-26)15-32-16-25)29-23(28-21)30-10-9-24(2,31)20-6-4-3-5-18(20)12-30/h3-8,11,31H,9-10,12-16,26H2,1-2H3,(H,27,28,29). The van der Waals surface area contributed by atoms with Gasteiger partial charge < -0.3 is 25.8 Å². The Kier molecular flexibility index (Phi) is 5.28. The molecular formula is C25H31N5O2. The second-order valence-corrected chi connectivity index (χ2v) is 9.55. The van der Waals surface area contributed by atoms with E-state index >= 15 is 0 Å². The van der Waals surface area contributed by atoms with Crippen LogP contribution in [0.25, 0.3) is 10.9 Å². The van der Waals surface area contributed by atoms with Gasteiger partial charge in [0.2, 0.25) is 5.95 Å². The van der Waals surface area contributed by atoms with Crippen molar-refractivity contribution >= 4 is 22.7 Å². The minimum Gasteiger partial charge on any atom is -0.385 e. The molecule has 0 radical (unpaired) electrons. The first-order valence-corrected chi connectivity index (χ1v) is 11.2. The molecule has 3 heterocycles. The Bertz CT molecular complexity index is 1140. The van der Waals surface area contributed by atoms with Crippen molar-refractivity contribution in [3.05, 3.63) is 59.2 Å². The third kappa shape index (κ3) is 3.81. The summed E-state index contributed by atoms with van der Waals surface area (Å²) in [7, 11) is 0. The number of hydrogen-bond donors (Lipinski definition) is 3. The molecule has 0 saturated carbocycles. The van der Waals surface area contributed by atoms with Gasteiger partial charge in [-0.05, 0) is 43.5 Å². The van der Waals surface area contributed by atoms with Crippen LogP contribution in [0.3, 0.4) is 0 Å². The lowest BCUT2D eigenvalue weighted by atomic mass is 9.86. The lowest BCUT2D eigenvalue weighted by Gasteiger charge is -2.40. The zero-order valence-electron chi connectivity index (χ0n) is 18.8. The molecule has 3 aromatic rings. The van der Waals surface area contributed by atoms with Crippen molar-refractivity contribution in [2.75, 3.05) is 43.1 Å². The van der Waals surface area contributed by atoms with Crippen LogP contribution in [0.2, 0.25) is 0 Å². The summed E-state index contributed by atoms with van der Waals surface area (Å²) in [4.78, 5) is 12.0. The molecule has 0 bridgehead atoms. The Morgan fingerprint density at radius 2 is 2.00 bits per heavy atom. The number of ether oxygens (including phenoxy) is 1. The molecule has 0 spiro atoms. The second-order valence-electron chi connectivity index (χ2n) is 9.55. The van der Waals surface area contributed by atoms with Gasteiger partial charge in [0.1, 0.15) is 5.82 Å². The number of benzene rings is 2. The normalized spacial score (nSPS) is 22.2. The highest BCUT2D eigenvalue weighted by Crippen LogP contribution is 2.34. The van der Waals surface area contributed by atoms with Crippen LogP contribution in [-0.4, -0.2) is 47.9 Å². The Morgan fingerprint density at radius 1 is 1.19 bits per heavy atom. The lowest BCUT2D eigenvalue weighted by Crippen LogP contribution is -2.52. The average Bonchev–Trinajstić information content (AvgIpc) is 2.89. The van der Waals surface area contributed by atoms with Gasteiger partial charge in [-0.3, -0.25) is 0 Å². The zero-order valence-corrected chi connectivity index (χ0v) is 18.8. The molecule has 1 aromatic heterocycles. The summed E-state index contributed by atoms with van der Waals surface area (Å²) in [5, 5.41) is 15.6. The summed E-state index contributed by atoms with van der Waals surface area (Å²) in [6, 6.07) is 14.3. The van der Waals surface area contributed by atoms with E-state index in [1.54, 1.807) is 0 Å². The fourth-order valence-corrected chi connectivity index (χ4v) is 4.59. The van der Waals surface area contributed by atoms with Gasteiger partial charge in [-0.1, -0.05) is 35.9 Å². The second kappa shape index (κ2) is 7.99. The Balaban J connectivity index is 1.52. The first kappa shape index (κ1) is 21.1. The van der Waals surface area contributed by atoms with Crippen LogP contribution >= 0.6 is 0 Å². The van der Waals surface area contributed by atoms with Gasteiger partial charge in [-0.2, -0.15) is 4.98 Å². The summed E-state index contributed by atoms with van der Waals surface area (Å²) >= 11 is 0. The first-order valence-electron chi connectivity index (χ1n) is 11.2. The number of aliphatic hydroxyl groups is 1. The van der Waals surface area contributed by atoms with Gasteiger partial charge in [-0.25, -0.2) is 4.98 Å². The summed E-state index contributed by atoms with van der Waals surface area (Å²) in [5.41, 5.74) is 9.25. The molecule has 168 valence electrons. The molecule has 0 aliphatic carbocycles. The van der Waals surface area contributed by atoms with Gasteiger partial charge in [0.25, 0.3) is 0 Å². The Labute approximate surface area is 188 Å². The monoisotopic (exact) mass is 433 g/mol. The number of aryl methyl sites for hydroxylation is 1. The summed E-state index contributed by atoms with van der Waals surface area (Å²) in [6.07, 6.45) is 0.607. The summed E-state index contributed by atoms with van der Waals surface area (Å²) < 4.78 is 5.43. The van der Waals surface area contributed by atoms with Crippen molar-refractivity contribution in [3.8, 4) is 0 Å². The molecule has 2 aliphatic rings. The molecule has 1 atom stereocenters. The third-order valence-corrected chi connectivity index (χ3v) is 6.83. The summed E-state index contributed by atoms with van der Waals surface area (Å²) in [6.45, 7) is 7.91. The maximum Gasteiger partial charge on any atom is 0.228 e. The van der Waals surface area contributed by atoms with E-state index in [0.29, 0.717) is 51.8 Å². The van der Waals surface area contributed by atoms with E-state index < -0.39 is 5.60 Å². The molecule has 5 rings (SSSR count). The highest BCUT2D eigenvalue weighted by molar-refractivity contribution is 5.90. The molecular weight excluding hydrogens is 402 g/mol. The third-order valence-electron chi connectivity index (χ3n) is 6.83. The molecule has 1 unspecified atom stereocenters. The number of aromatic nitrogens is 2. The molecule has 1 fully saturated rings. The average molecular weight is 434 g/mol. The molecule has 4 N–H and O–H groups in total. The van der Waals surface area contributed by atoms with Gasteiger partial charge in [0, 0.05) is 37.0 Å². The quantitative estimate of drug-likeness (QED) is 0.569. The Hall–Kier alpha value is -2.74. The van der Waals surface area contributed by atoms with Crippen LogP contribution in [0.5, 0.6) is 0 Å². The fourth-order valence-electron chi connectivity index (χ4n) is 4.59. The SMILES string of the molecule is Cc1ccc2nc(N3CCC(C)(O)c4ccccc4C3)nc(NCC3(CN)COC3)c2c1. The number of nitrogens with one attached hydrogen (secondary N) is 1. The summed E-state index contributed by atoms with van der Waals surface area (Å²) in [5.74, 6) is 1.49. The van der Waals surface area contributed by atoms with Crippen LogP contribution in [-0.2, 0) is 16.9 Å². The van der Waals surface area contributed by atoms with E-state index in [1.165, 1.54) is 0 Å². The minimum absolute atomic E-state index is 0.0402. The molecule has 2 aliphatic heterocycles. The topological polar surface area (TPSA) is 96.5 Å². The number of hydrogen-bond acceptors (Lipinski definition) is 7. The van der Waals surface area contributed by atoms with Crippen molar-refractivity contribution in [2.45, 2.75) is 32.4 Å². The largest absolute Gasteiger partial charge is 0.385 e. The minimum atomic E-state index is -0.877. The van der Waals surface area contributed by atoms with Crippen molar-refractivity contribution in [3.63, 3.8) is 0 Å². The van der Waals surface area contributed by atoms with Crippen molar-refractivity contribution in [2.24, 2.45) is 11.1 Å². The van der Waals surface area contributed by atoms with Crippen LogP contribution in [0.15, 0.2) is 42.5 Å². The van der Waals surface area contributed by atoms with E-state index in [4.69, 9.17) is 20.4 Å². The van der Waals surface area contributed by atoms with Crippen molar-refractivity contribution < 1.29 is 9.84 Å². The van der Waals surface area contributed by atoms with E-state index in [1.807, 2.05) is 31.2 Å². The maximum atomic E-state index is 11.1. The van der Waals surface area contributed by atoms with Crippen LogP contribution in [0.1, 0.15) is 30.0 Å². The molecule has 7 nitrogen and oxygen atoms in total. The van der Waals surface area contributed by atoms with E-state index in [0.717, 1.165) is 33.4 Å². The van der Waals surface area contributed by atoms with Gasteiger partial charge in [0.05, 0.1) is 24.3 Å². The fraction of sp³-hybridized carbons (Fsp3) is 0.440. The van der Waals surface area contributed by atoms with Gasteiger partial charge in [0.15, 0.2) is 0 Å². The van der Waals surface area contributed by atoms with E-state index in [9.17, 15) is 5.11 Å². The van der Waals surface area contributed by atoms with Gasteiger partial charge >= 0.3 is 0 Å². The smallest absolute Gasteiger partial charge is 0.228 e. The van der Waals surface area contributed by atoms with Crippen LogP contribution in [0, 0.1) is 12.3 Å². The number of nitrogens with zero attached hydrogens (tertiary/aromatic N) is 3. The zero-order chi connectivity index (χ0) is 22.3. The molecule has 32 heavy (non-hydrogen) atoms. The van der Waals surface area contributed by atoms with Crippen LogP contribution in [0.4, 0.5) is 11.8 Å². The first-order chi connectivity index (χ1) is 15.4. The van der Waals surface area contributed by atoms with E-state index in [2.05, 4.69) is 35.3 Å². The molecule has 0 amide bonds. The molecule has 2 aromatic carbocycles. The number of nitrogens with two attached hydrogens (primary N) is 1. The Morgan fingerprint density at radius 3 is 2.75 bits per heavy atom. The number of fused-ring (bicyclic) bond motifs is 2. The highest BCUT2D eigenvalue weighted by Gasteiger charge is 2.37.